The van der Waals surface area contributed by atoms with Gasteiger partial charge in [-0.15, -0.1) is 0 Å². The molecule has 1 aliphatic carbocycles. The molecule has 0 radical (unpaired) electrons. The number of hydrogen-bond acceptors (Lipinski definition) is 2. The Hall–Kier alpha value is -1.25. The maximum Gasteiger partial charge on any atom is 0.198 e. The van der Waals surface area contributed by atoms with Crippen molar-refractivity contribution in [2.24, 2.45) is 0 Å². The van der Waals surface area contributed by atoms with Gasteiger partial charge in [0.25, 0.3) is 0 Å². The van der Waals surface area contributed by atoms with Crippen LogP contribution in [0.3, 0.4) is 0 Å². The van der Waals surface area contributed by atoms with E-state index in [0.717, 1.165) is 24.4 Å². The van der Waals surface area contributed by atoms with E-state index in [-0.39, 0.29) is 6.04 Å². The minimum absolute atomic E-state index is 0.103. The topological polar surface area (TPSA) is 25.2 Å². The largest absolute Gasteiger partial charge is 0.453 e. The van der Waals surface area contributed by atoms with Gasteiger partial charge in [0, 0.05) is 5.56 Å². The molecule has 1 unspecified atom stereocenters. The molecule has 3 heteroatoms. The molecule has 21 heavy (non-hydrogen) atoms. The molecule has 0 bridgehead atoms. The summed E-state index contributed by atoms with van der Waals surface area (Å²) in [6.07, 6.45) is 6.79. The number of nitrogens with one attached hydrogen (secondary N) is 1. The average Bonchev–Trinajstić information content (AvgIpc) is 2.85. The van der Waals surface area contributed by atoms with E-state index in [1.54, 1.807) is 6.26 Å². The molecule has 1 heterocycles. The van der Waals surface area contributed by atoms with E-state index >= 15 is 0 Å². The summed E-state index contributed by atoms with van der Waals surface area (Å²) in [7, 11) is 0. The van der Waals surface area contributed by atoms with Crippen LogP contribution in [0.15, 0.2) is 41.0 Å². The van der Waals surface area contributed by atoms with E-state index in [1.165, 1.54) is 30.4 Å². The quantitative estimate of drug-likeness (QED) is 0.784. The van der Waals surface area contributed by atoms with E-state index in [9.17, 15) is 0 Å². The molecule has 2 aromatic rings. The highest BCUT2D eigenvalue weighted by molar-refractivity contribution is 6.29. The molecular weight excluding hydrogens is 282 g/mol. The smallest absolute Gasteiger partial charge is 0.198 e. The average molecular weight is 304 g/mol. The first-order chi connectivity index (χ1) is 10.3. The first-order valence-electron chi connectivity index (χ1n) is 7.85. The van der Waals surface area contributed by atoms with Gasteiger partial charge in [-0.2, -0.15) is 0 Å². The summed E-state index contributed by atoms with van der Waals surface area (Å²) in [6.45, 7) is 3.12. The zero-order valence-corrected chi connectivity index (χ0v) is 13.2. The summed E-state index contributed by atoms with van der Waals surface area (Å²) >= 11 is 6.17. The highest BCUT2D eigenvalue weighted by Crippen LogP contribution is 2.37. The number of benzene rings is 1. The van der Waals surface area contributed by atoms with Crippen LogP contribution in [-0.4, -0.2) is 6.54 Å². The molecule has 0 aliphatic heterocycles. The molecule has 1 fully saturated rings. The highest BCUT2D eigenvalue weighted by atomic mass is 35.5. The number of rotatable bonds is 6. The molecule has 0 spiro atoms. The SMILES string of the molecule is CCCNC(c1ccc(C2CCC2)cc1)c1ccoc1Cl. The van der Waals surface area contributed by atoms with Gasteiger partial charge in [-0.25, -0.2) is 0 Å². The Morgan fingerprint density at radius 3 is 2.52 bits per heavy atom. The molecule has 1 aromatic heterocycles. The minimum atomic E-state index is 0.103. The summed E-state index contributed by atoms with van der Waals surface area (Å²) < 4.78 is 5.26. The third kappa shape index (κ3) is 3.17. The van der Waals surface area contributed by atoms with Gasteiger partial charge in [-0.3, -0.25) is 0 Å². The lowest BCUT2D eigenvalue weighted by Gasteiger charge is -2.26. The Bertz CT molecular complexity index is 571. The van der Waals surface area contributed by atoms with Crippen molar-refractivity contribution in [1.82, 2.24) is 5.32 Å². The zero-order chi connectivity index (χ0) is 14.7. The van der Waals surface area contributed by atoms with Crippen LogP contribution in [0.5, 0.6) is 0 Å². The van der Waals surface area contributed by atoms with Crippen LogP contribution < -0.4 is 5.32 Å². The monoisotopic (exact) mass is 303 g/mol. The normalized spacial score (nSPS) is 16.7. The maximum absolute atomic E-state index is 6.17. The molecule has 1 aromatic carbocycles. The van der Waals surface area contributed by atoms with E-state index in [0.29, 0.717) is 5.22 Å². The Balaban J connectivity index is 1.83. The van der Waals surface area contributed by atoms with E-state index in [2.05, 4.69) is 36.5 Å². The van der Waals surface area contributed by atoms with Crippen LogP contribution in [0.2, 0.25) is 5.22 Å². The van der Waals surface area contributed by atoms with Crippen molar-refractivity contribution in [2.75, 3.05) is 6.54 Å². The lowest BCUT2D eigenvalue weighted by molar-refractivity contribution is 0.419. The van der Waals surface area contributed by atoms with Crippen molar-refractivity contribution in [3.8, 4) is 0 Å². The maximum atomic E-state index is 6.17. The predicted octanol–water partition coefficient (Wildman–Crippen LogP) is 5.29. The summed E-state index contributed by atoms with van der Waals surface area (Å²) in [5.74, 6) is 0.776. The van der Waals surface area contributed by atoms with E-state index < -0.39 is 0 Å². The van der Waals surface area contributed by atoms with Crippen molar-refractivity contribution in [2.45, 2.75) is 44.6 Å². The van der Waals surface area contributed by atoms with Gasteiger partial charge in [0.2, 0.25) is 0 Å². The van der Waals surface area contributed by atoms with Crippen molar-refractivity contribution in [3.05, 3.63) is 58.5 Å². The van der Waals surface area contributed by atoms with Gasteiger partial charge in [0.1, 0.15) is 0 Å². The molecule has 3 rings (SSSR count). The van der Waals surface area contributed by atoms with E-state index in [4.69, 9.17) is 16.0 Å². The fraction of sp³-hybridized carbons (Fsp3) is 0.444. The van der Waals surface area contributed by atoms with Gasteiger partial charge >= 0.3 is 0 Å². The molecule has 0 saturated heterocycles. The van der Waals surface area contributed by atoms with Crippen molar-refractivity contribution in [1.29, 1.82) is 0 Å². The summed E-state index contributed by atoms with van der Waals surface area (Å²) in [5, 5.41) is 4.04. The van der Waals surface area contributed by atoms with Crippen molar-refractivity contribution in [3.63, 3.8) is 0 Å². The van der Waals surface area contributed by atoms with Crippen LogP contribution in [0, 0.1) is 0 Å². The first kappa shape index (κ1) is 14.7. The summed E-state index contributed by atoms with van der Waals surface area (Å²) in [6, 6.07) is 11.1. The predicted molar refractivity (Wildman–Crippen MR) is 86.9 cm³/mol. The molecule has 112 valence electrons. The Morgan fingerprint density at radius 2 is 2.00 bits per heavy atom. The third-order valence-electron chi connectivity index (χ3n) is 4.40. The Morgan fingerprint density at radius 1 is 1.24 bits per heavy atom. The molecule has 1 atom stereocenters. The van der Waals surface area contributed by atoms with Crippen LogP contribution in [0.4, 0.5) is 0 Å². The van der Waals surface area contributed by atoms with Gasteiger partial charge in [0.05, 0.1) is 12.3 Å². The first-order valence-corrected chi connectivity index (χ1v) is 8.23. The molecule has 1 saturated carbocycles. The van der Waals surface area contributed by atoms with E-state index in [1.807, 2.05) is 6.07 Å². The standard InChI is InChI=1S/C18H22ClNO/c1-2-11-20-17(16-10-12-21-18(16)19)15-8-6-14(7-9-15)13-4-3-5-13/h6-10,12-13,17,20H,2-5,11H2,1H3. The lowest BCUT2D eigenvalue weighted by atomic mass is 9.79. The molecular formula is C18H22ClNO. The van der Waals surface area contributed by atoms with Gasteiger partial charge in [0.15, 0.2) is 5.22 Å². The molecule has 1 N–H and O–H groups in total. The molecule has 0 amide bonds. The second-order valence-corrected chi connectivity index (χ2v) is 6.17. The molecule has 1 aliphatic rings. The fourth-order valence-electron chi connectivity index (χ4n) is 2.91. The number of furan rings is 1. The Kier molecular flexibility index (Phi) is 4.67. The van der Waals surface area contributed by atoms with Crippen molar-refractivity contribution >= 4 is 11.6 Å². The van der Waals surface area contributed by atoms with Crippen LogP contribution in [-0.2, 0) is 0 Å². The Labute approximate surface area is 131 Å². The van der Waals surface area contributed by atoms with Crippen LogP contribution in [0.25, 0.3) is 0 Å². The summed E-state index contributed by atoms with van der Waals surface area (Å²) in [4.78, 5) is 0. The summed E-state index contributed by atoms with van der Waals surface area (Å²) in [5.41, 5.74) is 3.73. The number of halogens is 1. The van der Waals surface area contributed by atoms with Gasteiger partial charge in [-0.1, -0.05) is 37.6 Å². The van der Waals surface area contributed by atoms with Crippen molar-refractivity contribution < 1.29 is 4.42 Å². The second-order valence-electron chi connectivity index (χ2n) is 5.83. The minimum Gasteiger partial charge on any atom is -0.453 e. The highest BCUT2D eigenvalue weighted by Gasteiger charge is 2.21. The lowest BCUT2D eigenvalue weighted by Crippen LogP contribution is -2.23. The molecule has 2 nitrogen and oxygen atoms in total. The third-order valence-corrected chi connectivity index (χ3v) is 4.71. The van der Waals surface area contributed by atoms with Crippen LogP contribution >= 0.6 is 11.6 Å². The number of hydrogen-bond donors (Lipinski definition) is 1. The second kappa shape index (κ2) is 6.67. The fourth-order valence-corrected chi connectivity index (χ4v) is 3.13. The van der Waals surface area contributed by atoms with Gasteiger partial charge < -0.3 is 9.73 Å². The van der Waals surface area contributed by atoms with Crippen LogP contribution in [0.1, 0.15) is 61.3 Å². The van der Waals surface area contributed by atoms with Gasteiger partial charge in [-0.05, 0) is 60.5 Å². The zero-order valence-electron chi connectivity index (χ0n) is 12.4.